The van der Waals surface area contributed by atoms with Crippen LogP contribution in [0.1, 0.15) is 52.9 Å². The van der Waals surface area contributed by atoms with E-state index in [1.807, 2.05) is 6.92 Å². The van der Waals surface area contributed by atoms with Crippen LogP contribution in [-0.2, 0) is 0 Å². The molecule has 1 aliphatic carbocycles. The molecule has 0 saturated heterocycles. The van der Waals surface area contributed by atoms with Crippen molar-refractivity contribution in [2.45, 2.75) is 52.9 Å². The fraction of sp³-hybridized carbons (Fsp3) is 0.857. The summed E-state index contributed by atoms with van der Waals surface area (Å²) < 4.78 is 0. The van der Waals surface area contributed by atoms with Crippen molar-refractivity contribution >= 4 is 0 Å². The van der Waals surface area contributed by atoms with Gasteiger partial charge in [0.1, 0.15) is 0 Å². The molecule has 0 spiro atoms. The second-order valence-corrected chi connectivity index (χ2v) is 5.34. The zero-order chi connectivity index (χ0) is 11.1. The summed E-state index contributed by atoms with van der Waals surface area (Å²) in [5.41, 5.74) is 0.587. The van der Waals surface area contributed by atoms with Gasteiger partial charge in [-0.05, 0) is 37.5 Å². The van der Waals surface area contributed by atoms with E-state index in [-0.39, 0.29) is 0 Å². The third-order valence-electron chi connectivity index (χ3n) is 3.40. The SMILES string of the molecule is CC#CCNCC1(CC(C)C)CCCC1. The number of rotatable bonds is 5. The number of hydrogen-bond acceptors (Lipinski definition) is 1. The van der Waals surface area contributed by atoms with Crippen molar-refractivity contribution in [3.63, 3.8) is 0 Å². The van der Waals surface area contributed by atoms with Gasteiger partial charge in [-0.2, -0.15) is 0 Å². The highest BCUT2D eigenvalue weighted by molar-refractivity contribution is 4.98. The summed E-state index contributed by atoms with van der Waals surface area (Å²) in [5.74, 6) is 6.84. The van der Waals surface area contributed by atoms with Gasteiger partial charge in [-0.15, -0.1) is 5.92 Å². The molecule has 1 saturated carbocycles. The quantitative estimate of drug-likeness (QED) is 0.539. The summed E-state index contributed by atoms with van der Waals surface area (Å²) in [6.45, 7) is 8.61. The molecule has 0 bridgehead atoms. The second kappa shape index (κ2) is 6.18. The van der Waals surface area contributed by atoms with Crippen molar-refractivity contribution in [2.24, 2.45) is 11.3 Å². The first-order valence-corrected chi connectivity index (χ1v) is 6.29. The van der Waals surface area contributed by atoms with Crippen LogP contribution in [-0.4, -0.2) is 13.1 Å². The van der Waals surface area contributed by atoms with Crippen LogP contribution in [0.3, 0.4) is 0 Å². The Bertz CT molecular complexity index is 225. The normalized spacial score (nSPS) is 18.9. The minimum absolute atomic E-state index is 0.587. The predicted octanol–water partition coefficient (Wildman–Crippen LogP) is 3.21. The lowest BCUT2D eigenvalue weighted by molar-refractivity contribution is 0.227. The van der Waals surface area contributed by atoms with E-state index in [0.717, 1.165) is 12.5 Å². The van der Waals surface area contributed by atoms with Gasteiger partial charge < -0.3 is 5.32 Å². The standard InChI is InChI=1S/C14H25N/c1-4-5-10-15-12-14(11-13(2)3)8-6-7-9-14/h13,15H,6-12H2,1-3H3. The molecule has 1 N–H and O–H groups in total. The fourth-order valence-corrected chi connectivity index (χ4v) is 2.92. The van der Waals surface area contributed by atoms with Crippen LogP contribution in [0.25, 0.3) is 0 Å². The molecule has 1 heteroatoms. The molecule has 0 heterocycles. The maximum absolute atomic E-state index is 3.50. The third kappa shape index (κ3) is 4.26. The van der Waals surface area contributed by atoms with E-state index in [1.54, 1.807) is 0 Å². The lowest BCUT2D eigenvalue weighted by Gasteiger charge is -2.31. The third-order valence-corrected chi connectivity index (χ3v) is 3.40. The topological polar surface area (TPSA) is 12.0 Å². The van der Waals surface area contributed by atoms with Crippen LogP contribution in [0.2, 0.25) is 0 Å². The van der Waals surface area contributed by atoms with E-state index in [4.69, 9.17) is 0 Å². The highest BCUT2D eigenvalue weighted by Crippen LogP contribution is 2.42. The minimum Gasteiger partial charge on any atom is -0.306 e. The Morgan fingerprint density at radius 2 is 1.93 bits per heavy atom. The Hall–Kier alpha value is -0.480. The van der Waals surface area contributed by atoms with Gasteiger partial charge in [0, 0.05) is 6.54 Å². The molecule has 0 unspecified atom stereocenters. The molecule has 0 radical (unpaired) electrons. The molecule has 1 rings (SSSR count). The Kier molecular flexibility index (Phi) is 5.19. The number of nitrogens with one attached hydrogen (secondary N) is 1. The van der Waals surface area contributed by atoms with Crippen molar-refractivity contribution in [1.29, 1.82) is 0 Å². The van der Waals surface area contributed by atoms with Gasteiger partial charge in [0.05, 0.1) is 6.54 Å². The van der Waals surface area contributed by atoms with Crippen LogP contribution >= 0.6 is 0 Å². The van der Waals surface area contributed by atoms with E-state index >= 15 is 0 Å². The van der Waals surface area contributed by atoms with Gasteiger partial charge in [-0.1, -0.05) is 32.6 Å². The molecule has 0 aliphatic heterocycles. The van der Waals surface area contributed by atoms with Crippen molar-refractivity contribution in [1.82, 2.24) is 5.32 Å². The molecule has 0 atom stereocenters. The Balaban J connectivity index is 2.38. The molecule has 1 fully saturated rings. The Morgan fingerprint density at radius 1 is 1.27 bits per heavy atom. The van der Waals surface area contributed by atoms with Crippen molar-refractivity contribution < 1.29 is 0 Å². The molecule has 0 aromatic carbocycles. The van der Waals surface area contributed by atoms with Gasteiger partial charge in [0.25, 0.3) is 0 Å². The first-order valence-electron chi connectivity index (χ1n) is 6.29. The van der Waals surface area contributed by atoms with E-state index in [0.29, 0.717) is 5.41 Å². The van der Waals surface area contributed by atoms with Crippen LogP contribution in [0.4, 0.5) is 0 Å². The predicted molar refractivity (Wildman–Crippen MR) is 66.7 cm³/mol. The lowest BCUT2D eigenvalue weighted by atomic mass is 9.78. The maximum atomic E-state index is 3.50. The molecule has 1 aliphatic rings. The summed E-state index contributed by atoms with van der Waals surface area (Å²) in [4.78, 5) is 0. The second-order valence-electron chi connectivity index (χ2n) is 5.34. The molecule has 0 aromatic rings. The van der Waals surface area contributed by atoms with Crippen molar-refractivity contribution in [3.05, 3.63) is 0 Å². The minimum atomic E-state index is 0.587. The summed E-state index contributed by atoms with van der Waals surface area (Å²) in [6.07, 6.45) is 7.05. The molecule has 0 aromatic heterocycles. The number of hydrogen-bond donors (Lipinski definition) is 1. The van der Waals surface area contributed by atoms with Crippen LogP contribution in [0.15, 0.2) is 0 Å². The van der Waals surface area contributed by atoms with E-state index in [2.05, 4.69) is 31.0 Å². The average Bonchev–Trinajstić information content (AvgIpc) is 2.61. The van der Waals surface area contributed by atoms with Crippen LogP contribution in [0, 0.1) is 23.2 Å². The van der Waals surface area contributed by atoms with Crippen LogP contribution < -0.4 is 5.32 Å². The zero-order valence-corrected chi connectivity index (χ0v) is 10.5. The smallest absolute Gasteiger partial charge is 0.0576 e. The van der Waals surface area contributed by atoms with Crippen molar-refractivity contribution in [2.75, 3.05) is 13.1 Å². The first-order chi connectivity index (χ1) is 7.18. The van der Waals surface area contributed by atoms with Gasteiger partial charge in [-0.25, -0.2) is 0 Å². The first kappa shape index (κ1) is 12.6. The maximum Gasteiger partial charge on any atom is 0.0576 e. The summed E-state index contributed by atoms with van der Waals surface area (Å²) in [5, 5.41) is 3.50. The molecule has 86 valence electrons. The molecule has 0 amide bonds. The lowest BCUT2D eigenvalue weighted by Crippen LogP contribution is -2.33. The Labute approximate surface area is 95.0 Å². The van der Waals surface area contributed by atoms with Gasteiger partial charge >= 0.3 is 0 Å². The van der Waals surface area contributed by atoms with E-state index in [1.165, 1.54) is 38.6 Å². The largest absolute Gasteiger partial charge is 0.306 e. The van der Waals surface area contributed by atoms with E-state index < -0.39 is 0 Å². The van der Waals surface area contributed by atoms with Gasteiger partial charge in [0.2, 0.25) is 0 Å². The van der Waals surface area contributed by atoms with Crippen LogP contribution in [0.5, 0.6) is 0 Å². The molecule has 15 heavy (non-hydrogen) atoms. The summed E-state index contributed by atoms with van der Waals surface area (Å²) in [6, 6.07) is 0. The molecule has 1 nitrogen and oxygen atoms in total. The van der Waals surface area contributed by atoms with Gasteiger partial charge in [0.15, 0.2) is 0 Å². The Morgan fingerprint density at radius 3 is 2.47 bits per heavy atom. The monoisotopic (exact) mass is 207 g/mol. The highest BCUT2D eigenvalue weighted by Gasteiger charge is 2.33. The van der Waals surface area contributed by atoms with Crippen molar-refractivity contribution in [3.8, 4) is 11.8 Å². The zero-order valence-electron chi connectivity index (χ0n) is 10.5. The highest BCUT2D eigenvalue weighted by atomic mass is 14.9. The average molecular weight is 207 g/mol. The van der Waals surface area contributed by atoms with E-state index in [9.17, 15) is 0 Å². The summed E-state index contributed by atoms with van der Waals surface area (Å²) >= 11 is 0. The van der Waals surface area contributed by atoms with Gasteiger partial charge in [-0.3, -0.25) is 0 Å². The summed E-state index contributed by atoms with van der Waals surface area (Å²) in [7, 11) is 0. The molecular formula is C14H25N. The fourth-order valence-electron chi connectivity index (χ4n) is 2.92. The molecular weight excluding hydrogens is 182 g/mol.